The highest BCUT2D eigenvalue weighted by Gasteiger charge is 2.23. The zero-order valence-electron chi connectivity index (χ0n) is 10.2. The second-order valence-corrected chi connectivity index (χ2v) is 4.86. The third-order valence-corrected chi connectivity index (χ3v) is 3.60. The maximum absolute atomic E-state index is 10.6. The van der Waals surface area contributed by atoms with E-state index in [9.17, 15) is 4.79 Å². The Labute approximate surface area is 101 Å². The van der Waals surface area contributed by atoms with Crippen LogP contribution in [-0.4, -0.2) is 26.1 Å². The molecule has 1 aromatic heterocycles. The lowest BCUT2D eigenvalue weighted by molar-refractivity contribution is -0.136. The molecule has 1 N–H and O–H groups in total. The van der Waals surface area contributed by atoms with E-state index in [1.54, 1.807) is 6.20 Å². The maximum atomic E-state index is 10.6. The van der Waals surface area contributed by atoms with Crippen molar-refractivity contribution >= 4 is 5.97 Å². The van der Waals surface area contributed by atoms with Crippen LogP contribution in [0.5, 0.6) is 0 Å². The number of aliphatic carboxylic acids is 1. The predicted octanol–water partition coefficient (Wildman–Crippen LogP) is 2.05. The molecule has 0 spiro atoms. The Bertz CT molecular complexity index is 389. The van der Waals surface area contributed by atoms with E-state index in [0.29, 0.717) is 11.7 Å². The smallest absolute Gasteiger partial charge is 0.309 e. The fraction of sp³-hybridized carbons (Fsp3) is 0.750. The van der Waals surface area contributed by atoms with E-state index in [4.69, 9.17) is 5.11 Å². The van der Waals surface area contributed by atoms with Crippen molar-refractivity contribution in [3.8, 4) is 0 Å². The highest BCUT2D eigenvalue weighted by molar-refractivity contribution is 5.69. The van der Waals surface area contributed by atoms with Crippen LogP contribution >= 0.6 is 0 Å². The zero-order chi connectivity index (χ0) is 12.3. The summed E-state index contributed by atoms with van der Waals surface area (Å²) in [6, 6.07) is 0.406. The first-order chi connectivity index (χ1) is 8.19. The summed E-state index contributed by atoms with van der Waals surface area (Å²) in [5.41, 5.74) is 0.552. The van der Waals surface area contributed by atoms with Crippen LogP contribution in [0.15, 0.2) is 6.20 Å². The molecule has 0 saturated heterocycles. The monoisotopic (exact) mass is 237 g/mol. The van der Waals surface area contributed by atoms with Crippen molar-refractivity contribution < 1.29 is 9.90 Å². The summed E-state index contributed by atoms with van der Waals surface area (Å²) < 4.78 is 1.86. The summed E-state index contributed by atoms with van der Waals surface area (Å²) in [4.78, 5) is 10.6. The Morgan fingerprint density at radius 3 is 3.12 bits per heavy atom. The van der Waals surface area contributed by atoms with Crippen molar-refractivity contribution in [3.63, 3.8) is 0 Å². The fourth-order valence-corrected chi connectivity index (χ4v) is 2.60. The lowest BCUT2D eigenvalue weighted by Crippen LogP contribution is -2.19. The average Bonchev–Trinajstić information content (AvgIpc) is 2.77. The molecule has 1 aliphatic rings. The molecule has 1 aromatic rings. The van der Waals surface area contributed by atoms with Crippen molar-refractivity contribution in [1.29, 1.82) is 0 Å². The topological polar surface area (TPSA) is 68.0 Å². The van der Waals surface area contributed by atoms with Gasteiger partial charge in [-0.2, -0.15) is 0 Å². The summed E-state index contributed by atoms with van der Waals surface area (Å²) in [6.45, 7) is 2.23. The molecule has 17 heavy (non-hydrogen) atoms. The van der Waals surface area contributed by atoms with Gasteiger partial charge in [0, 0.05) is 6.20 Å². The van der Waals surface area contributed by atoms with E-state index < -0.39 is 5.97 Å². The van der Waals surface area contributed by atoms with E-state index in [2.05, 4.69) is 17.2 Å². The lowest BCUT2D eigenvalue weighted by atomic mass is 9.84. The van der Waals surface area contributed by atoms with Crippen LogP contribution < -0.4 is 0 Å². The van der Waals surface area contributed by atoms with Crippen molar-refractivity contribution in [2.75, 3.05) is 0 Å². The molecule has 1 aliphatic carbocycles. The van der Waals surface area contributed by atoms with Crippen LogP contribution in [0, 0.1) is 5.92 Å². The second-order valence-electron chi connectivity index (χ2n) is 4.86. The van der Waals surface area contributed by atoms with Gasteiger partial charge in [0.05, 0.1) is 18.2 Å². The summed E-state index contributed by atoms with van der Waals surface area (Å²) in [7, 11) is 0. The number of carboxylic acid groups (broad SMARTS) is 1. The van der Waals surface area contributed by atoms with Gasteiger partial charge in [-0.25, -0.2) is 4.68 Å². The molecule has 0 aromatic carbocycles. The Morgan fingerprint density at radius 1 is 1.59 bits per heavy atom. The molecular formula is C12H19N3O2. The molecule has 1 fully saturated rings. The quantitative estimate of drug-likeness (QED) is 0.870. The van der Waals surface area contributed by atoms with Gasteiger partial charge < -0.3 is 5.11 Å². The van der Waals surface area contributed by atoms with Crippen LogP contribution in [-0.2, 0) is 11.2 Å². The van der Waals surface area contributed by atoms with Gasteiger partial charge in [-0.3, -0.25) is 4.79 Å². The highest BCUT2D eigenvalue weighted by atomic mass is 16.4. The normalized spacial score (nSPS) is 24.8. The minimum Gasteiger partial charge on any atom is -0.481 e. The van der Waals surface area contributed by atoms with E-state index in [1.165, 1.54) is 19.3 Å². The van der Waals surface area contributed by atoms with Gasteiger partial charge >= 0.3 is 5.97 Å². The fourth-order valence-electron chi connectivity index (χ4n) is 2.60. The van der Waals surface area contributed by atoms with Gasteiger partial charge in [0.2, 0.25) is 0 Å². The molecule has 0 aliphatic heterocycles. The molecule has 0 amide bonds. The number of carboxylic acids is 1. The first kappa shape index (κ1) is 12.1. The lowest BCUT2D eigenvalue weighted by Gasteiger charge is -2.28. The standard InChI is InChI=1S/C12H19N3O2/c1-2-9-4-3-5-11(6-9)15-8-10(13-14-15)7-12(16)17/h8-9,11H,2-7H2,1H3,(H,16,17). The number of aromatic nitrogens is 3. The van der Waals surface area contributed by atoms with Crippen LogP contribution in [0.1, 0.15) is 50.8 Å². The zero-order valence-corrected chi connectivity index (χ0v) is 10.2. The van der Waals surface area contributed by atoms with Crippen molar-refractivity contribution in [2.24, 2.45) is 5.92 Å². The molecule has 94 valence electrons. The molecule has 5 heteroatoms. The first-order valence-corrected chi connectivity index (χ1v) is 6.31. The number of hydrogen-bond acceptors (Lipinski definition) is 3. The van der Waals surface area contributed by atoms with Crippen LogP contribution in [0.2, 0.25) is 0 Å². The van der Waals surface area contributed by atoms with Crippen LogP contribution in [0.4, 0.5) is 0 Å². The summed E-state index contributed by atoms with van der Waals surface area (Å²) in [5, 5.41) is 16.7. The van der Waals surface area contributed by atoms with Crippen molar-refractivity contribution in [2.45, 2.75) is 51.5 Å². The maximum Gasteiger partial charge on any atom is 0.309 e. The molecule has 2 unspecified atom stereocenters. The third-order valence-electron chi connectivity index (χ3n) is 3.60. The van der Waals surface area contributed by atoms with Gasteiger partial charge in [-0.15, -0.1) is 5.10 Å². The SMILES string of the molecule is CCC1CCCC(n2cc(CC(=O)O)nn2)C1. The van der Waals surface area contributed by atoms with E-state index in [-0.39, 0.29) is 6.42 Å². The van der Waals surface area contributed by atoms with Gasteiger partial charge in [0.15, 0.2) is 0 Å². The average molecular weight is 237 g/mol. The minimum absolute atomic E-state index is 0.0378. The number of carbonyl (C=O) groups is 1. The minimum atomic E-state index is -0.855. The van der Waals surface area contributed by atoms with Crippen LogP contribution in [0.25, 0.3) is 0 Å². The Hall–Kier alpha value is -1.39. The van der Waals surface area contributed by atoms with Gasteiger partial charge in [-0.1, -0.05) is 31.4 Å². The predicted molar refractivity (Wildman–Crippen MR) is 62.6 cm³/mol. The molecule has 1 heterocycles. The molecule has 2 rings (SSSR count). The molecule has 0 bridgehead atoms. The van der Waals surface area contributed by atoms with E-state index in [0.717, 1.165) is 18.8 Å². The van der Waals surface area contributed by atoms with Crippen molar-refractivity contribution in [3.05, 3.63) is 11.9 Å². The Morgan fingerprint density at radius 2 is 2.41 bits per heavy atom. The highest BCUT2D eigenvalue weighted by Crippen LogP contribution is 2.33. The van der Waals surface area contributed by atoms with Crippen LogP contribution in [0.3, 0.4) is 0 Å². The largest absolute Gasteiger partial charge is 0.481 e. The molecule has 5 nitrogen and oxygen atoms in total. The first-order valence-electron chi connectivity index (χ1n) is 6.31. The van der Waals surface area contributed by atoms with E-state index in [1.807, 2.05) is 4.68 Å². The summed E-state index contributed by atoms with van der Waals surface area (Å²) in [5.74, 6) is -0.0759. The molecule has 1 saturated carbocycles. The summed E-state index contributed by atoms with van der Waals surface area (Å²) >= 11 is 0. The number of hydrogen-bond donors (Lipinski definition) is 1. The second kappa shape index (κ2) is 5.29. The summed E-state index contributed by atoms with van der Waals surface area (Å²) in [6.07, 6.45) is 7.79. The Kier molecular flexibility index (Phi) is 3.76. The molecule has 0 radical (unpaired) electrons. The Balaban J connectivity index is 2.01. The van der Waals surface area contributed by atoms with E-state index >= 15 is 0 Å². The molecule has 2 atom stereocenters. The molecular weight excluding hydrogens is 218 g/mol. The van der Waals surface area contributed by atoms with Gasteiger partial charge in [0.1, 0.15) is 0 Å². The van der Waals surface area contributed by atoms with Crippen molar-refractivity contribution in [1.82, 2.24) is 15.0 Å². The number of rotatable bonds is 4. The third kappa shape index (κ3) is 3.05. The number of nitrogens with zero attached hydrogens (tertiary/aromatic N) is 3. The van der Waals surface area contributed by atoms with Gasteiger partial charge in [0.25, 0.3) is 0 Å². The van der Waals surface area contributed by atoms with Gasteiger partial charge in [-0.05, 0) is 18.8 Å².